The lowest BCUT2D eigenvalue weighted by Crippen LogP contribution is -2.33. The number of fused-ring (bicyclic) bond motifs is 1. The van der Waals surface area contributed by atoms with Crippen molar-refractivity contribution in [1.82, 2.24) is 4.90 Å². The van der Waals surface area contributed by atoms with Crippen LogP contribution in [0, 0.1) is 11.8 Å². The van der Waals surface area contributed by atoms with Gasteiger partial charge in [-0.2, -0.15) is 0 Å². The normalized spacial score (nSPS) is 24.8. The zero-order chi connectivity index (χ0) is 17.2. The summed E-state index contributed by atoms with van der Waals surface area (Å²) >= 11 is 0. The predicted octanol–water partition coefficient (Wildman–Crippen LogP) is 4.35. The minimum Gasteiger partial charge on any atom is -0.497 e. The van der Waals surface area contributed by atoms with E-state index in [1.807, 2.05) is 29.2 Å². The van der Waals surface area contributed by atoms with E-state index in [1.165, 1.54) is 18.4 Å². The molecule has 2 aromatic rings. The highest BCUT2D eigenvalue weighted by molar-refractivity contribution is 5.89. The molecule has 0 bridgehead atoms. The van der Waals surface area contributed by atoms with Crippen LogP contribution in [0.4, 0.5) is 10.5 Å². The molecule has 1 unspecified atom stereocenters. The Labute approximate surface area is 148 Å². The van der Waals surface area contributed by atoms with Crippen LogP contribution in [-0.4, -0.2) is 31.1 Å². The second kappa shape index (κ2) is 6.79. The summed E-state index contributed by atoms with van der Waals surface area (Å²) in [6, 6.07) is 18.3. The first-order chi connectivity index (χ1) is 12.2. The maximum Gasteiger partial charge on any atom is 0.321 e. The molecular weight excluding hydrogens is 312 g/mol. The fourth-order valence-electron chi connectivity index (χ4n) is 4.34. The van der Waals surface area contributed by atoms with Crippen molar-refractivity contribution in [2.75, 3.05) is 25.5 Å². The number of likely N-dealkylation sites (tertiary alicyclic amines) is 1. The molecule has 2 aliphatic rings. The maximum atomic E-state index is 12.5. The van der Waals surface area contributed by atoms with Gasteiger partial charge in [0.25, 0.3) is 0 Å². The van der Waals surface area contributed by atoms with Crippen molar-refractivity contribution in [3.8, 4) is 5.75 Å². The van der Waals surface area contributed by atoms with E-state index in [1.54, 1.807) is 7.11 Å². The molecule has 1 N–H and O–H groups in total. The van der Waals surface area contributed by atoms with E-state index in [4.69, 9.17) is 4.74 Å². The molecule has 3 atom stereocenters. The first-order valence-electron chi connectivity index (χ1n) is 8.98. The van der Waals surface area contributed by atoms with Crippen LogP contribution in [0.3, 0.4) is 0 Å². The van der Waals surface area contributed by atoms with Crippen molar-refractivity contribution in [2.45, 2.75) is 18.8 Å². The molecular formula is C21H24N2O2. The second-order valence-electron chi connectivity index (χ2n) is 7.16. The van der Waals surface area contributed by atoms with Gasteiger partial charge in [-0.15, -0.1) is 0 Å². The van der Waals surface area contributed by atoms with Crippen LogP contribution in [0.25, 0.3) is 0 Å². The Morgan fingerprint density at radius 3 is 2.24 bits per heavy atom. The Balaban J connectivity index is 1.34. The van der Waals surface area contributed by atoms with E-state index in [0.29, 0.717) is 17.8 Å². The molecule has 25 heavy (non-hydrogen) atoms. The van der Waals surface area contributed by atoms with E-state index in [9.17, 15) is 4.79 Å². The lowest BCUT2D eigenvalue weighted by molar-refractivity contribution is 0.218. The van der Waals surface area contributed by atoms with Gasteiger partial charge in [-0.05, 0) is 60.4 Å². The minimum atomic E-state index is 0.0100. The summed E-state index contributed by atoms with van der Waals surface area (Å²) in [5.74, 6) is 2.71. The number of methoxy groups -OCH3 is 1. The van der Waals surface area contributed by atoms with Crippen molar-refractivity contribution in [1.29, 1.82) is 0 Å². The number of carbonyl (C=O) groups excluding carboxylic acids is 1. The summed E-state index contributed by atoms with van der Waals surface area (Å²) in [5, 5.41) is 3.00. The number of nitrogens with one attached hydrogen (secondary N) is 1. The van der Waals surface area contributed by atoms with Gasteiger partial charge in [-0.25, -0.2) is 4.79 Å². The summed E-state index contributed by atoms with van der Waals surface area (Å²) in [4.78, 5) is 14.5. The molecule has 1 aliphatic carbocycles. The lowest BCUT2D eigenvalue weighted by Gasteiger charge is -2.20. The van der Waals surface area contributed by atoms with Crippen LogP contribution in [-0.2, 0) is 0 Å². The Hall–Kier alpha value is -2.49. The standard InChI is InChI=1S/C21H24N2O2/c1-25-20-9-7-19(8-10-20)22-21(24)23-13-17-11-16(12-18(17)14-23)15-5-3-2-4-6-15/h2-10,16-18H,11-14H2,1H3,(H,22,24)/t16?,17-,18+. The largest absolute Gasteiger partial charge is 0.497 e. The molecule has 4 rings (SSSR count). The molecule has 1 aliphatic heterocycles. The third kappa shape index (κ3) is 3.34. The number of hydrogen-bond donors (Lipinski definition) is 1. The highest BCUT2D eigenvalue weighted by Crippen LogP contribution is 2.46. The average Bonchev–Trinajstić information content (AvgIpc) is 3.22. The number of urea groups is 1. The van der Waals surface area contributed by atoms with Crippen LogP contribution in [0.15, 0.2) is 54.6 Å². The molecule has 2 aromatic carbocycles. The molecule has 1 saturated carbocycles. The molecule has 0 radical (unpaired) electrons. The Kier molecular flexibility index (Phi) is 4.35. The number of anilines is 1. The van der Waals surface area contributed by atoms with Gasteiger partial charge in [-0.3, -0.25) is 0 Å². The maximum absolute atomic E-state index is 12.5. The van der Waals surface area contributed by atoms with Crippen molar-refractivity contribution in [3.63, 3.8) is 0 Å². The van der Waals surface area contributed by atoms with Gasteiger partial charge in [0.2, 0.25) is 0 Å². The smallest absolute Gasteiger partial charge is 0.321 e. The summed E-state index contributed by atoms with van der Waals surface area (Å²) in [5.41, 5.74) is 2.26. The number of nitrogens with zero attached hydrogens (tertiary/aromatic N) is 1. The van der Waals surface area contributed by atoms with Gasteiger partial charge in [0.1, 0.15) is 5.75 Å². The van der Waals surface area contributed by atoms with Gasteiger partial charge in [0.05, 0.1) is 7.11 Å². The highest BCUT2D eigenvalue weighted by Gasteiger charge is 2.42. The van der Waals surface area contributed by atoms with Crippen molar-refractivity contribution in [2.24, 2.45) is 11.8 Å². The molecule has 0 spiro atoms. The zero-order valence-corrected chi connectivity index (χ0v) is 14.5. The summed E-state index contributed by atoms with van der Waals surface area (Å²) in [7, 11) is 1.64. The van der Waals surface area contributed by atoms with Crippen LogP contribution in [0.1, 0.15) is 24.3 Å². The first-order valence-corrected chi connectivity index (χ1v) is 8.98. The number of rotatable bonds is 3. The Bertz CT molecular complexity index is 715. The molecule has 2 amide bonds. The van der Waals surface area contributed by atoms with Crippen LogP contribution >= 0.6 is 0 Å². The number of hydrogen-bond acceptors (Lipinski definition) is 2. The third-order valence-electron chi connectivity index (χ3n) is 5.65. The van der Waals surface area contributed by atoms with Crippen LogP contribution < -0.4 is 10.1 Å². The van der Waals surface area contributed by atoms with Crippen molar-refractivity contribution < 1.29 is 9.53 Å². The monoisotopic (exact) mass is 336 g/mol. The molecule has 2 fully saturated rings. The fourth-order valence-corrected chi connectivity index (χ4v) is 4.34. The van der Waals surface area contributed by atoms with E-state index in [-0.39, 0.29) is 6.03 Å². The van der Waals surface area contributed by atoms with Crippen LogP contribution in [0.2, 0.25) is 0 Å². The SMILES string of the molecule is COc1ccc(NC(=O)N2C[C@H]3CC(c4ccccc4)C[C@H]3C2)cc1. The summed E-state index contributed by atoms with van der Waals surface area (Å²) in [6.45, 7) is 1.74. The quantitative estimate of drug-likeness (QED) is 0.905. The molecule has 130 valence electrons. The van der Waals surface area contributed by atoms with Gasteiger partial charge in [-0.1, -0.05) is 30.3 Å². The van der Waals surface area contributed by atoms with Gasteiger partial charge < -0.3 is 15.0 Å². The number of benzene rings is 2. The number of ether oxygens (including phenoxy) is 1. The minimum absolute atomic E-state index is 0.0100. The van der Waals surface area contributed by atoms with Gasteiger partial charge in [0, 0.05) is 18.8 Å². The lowest BCUT2D eigenvalue weighted by atomic mass is 9.96. The molecule has 4 nitrogen and oxygen atoms in total. The van der Waals surface area contributed by atoms with Crippen molar-refractivity contribution in [3.05, 3.63) is 60.2 Å². The fraction of sp³-hybridized carbons (Fsp3) is 0.381. The van der Waals surface area contributed by atoms with E-state index >= 15 is 0 Å². The second-order valence-corrected chi connectivity index (χ2v) is 7.16. The van der Waals surface area contributed by atoms with E-state index < -0.39 is 0 Å². The molecule has 0 aromatic heterocycles. The van der Waals surface area contributed by atoms with E-state index in [0.717, 1.165) is 24.5 Å². The number of amides is 2. The molecule has 4 heteroatoms. The zero-order valence-electron chi connectivity index (χ0n) is 14.5. The number of carbonyl (C=O) groups is 1. The molecule has 1 saturated heterocycles. The van der Waals surface area contributed by atoms with Crippen LogP contribution in [0.5, 0.6) is 5.75 Å². The highest BCUT2D eigenvalue weighted by atomic mass is 16.5. The third-order valence-corrected chi connectivity index (χ3v) is 5.65. The van der Waals surface area contributed by atoms with E-state index in [2.05, 4.69) is 35.6 Å². The molecule has 1 heterocycles. The average molecular weight is 336 g/mol. The Morgan fingerprint density at radius 1 is 1.00 bits per heavy atom. The summed E-state index contributed by atoms with van der Waals surface area (Å²) in [6.07, 6.45) is 2.39. The topological polar surface area (TPSA) is 41.6 Å². The first kappa shape index (κ1) is 16.0. The predicted molar refractivity (Wildman–Crippen MR) is 99.0 cm³/mol. The van der Waals surface area contributed by atoms with Crippen molar-refractivity contribution >= 4 is 11.7 Å². The summed E-state index contributed by atoms with van der Waals surface area (Å²) < 4.78 is 5.15. The van der Waals surface area contributed by atoms with Gasteiger partial charge in [0.15, 0.2) is 0 Å². The van der Waals surface area contributed by atoms with Gasteiger partial charge >= 0.3 is 6.03 Å². The Morgan fingerprint density at radius 2 is 1.64 bits per heavy atom.